The molecule has 5 heterocycles. The zero-order valence-electron chi connectivity index (χ0n) is 27.9. The van der Waals surface area contributed by atoms with Crippen molar-refractivity contribution < 1.29 is 19.8 Å². The lowest BCUT2D eigenvalue weighted by Crippen LogP contribution is -2.36. The van der Waals surface area contributed by atoms with E-state index in [1.54, 1.807) is 38.4 Å². The van der Waals surface area contributed by atoms with Crippen LogP contribution in [0.1, 0.15) is 63.4 Å². The van der Waals surface area contributed by atoms with Crippen molar-refractivity contribution in [1.29, 1.82) is 0 Å². The Labute approximate surface area is 284 Å². The quantitative estimate of drug-likeness (QED) is 0.210. The van der Waals surface area contributed by atoms with Gasteiger partial charge >= 0.3 is 0 Å². The molecule has 2 atom stereocenters. The molecule has 2 unspecified atom stereocenters. The molecule has 1 aromatic carbocycles. The number of nitrogens with zero attached hydrogens (tertiary/aromatic N) is 7. The molecule has 0 fully saturated rings. The zero-order chi connectivity index (χ0) is 34.3. The Morgan fingerprint density at radius 1 is 0.833 bits per heavy atom. The first-order chi connectivity index (χ1) is 22.9. The standard InChI is InChI=1S/C34H42ClN9O4/c1-19(45)15-43-11-9-28-26(17-43)37-31(41(28)4)33(47)39-24-8-6-7-22(30(24)35)23-13-36-14-25(21(23)3)40-34(48)32-38-27-18-44(16-20(2)46)12-10-29(27)42(32)5/h6-8,13-14,19-20,45-46H,9-12,15-18H2,1-5H3,(H,39,47)(H,40,48). The number of rotatable bonds is 9. The molecule has 2 aliphatic rings. The van der Waals surface area contributed by atoms with Crippen molar-refractivity contribution in [2.45, 2.75) is 58.9 Å². The van der Waals surface area contributed by atoms with E-state index in [2.05, 4.69) is 35.4 Å². The monoisotopic (exact) mass is 675 g/mol. The number of imidazole rings is 2. The summed E-state index contributed by atoms with van der Waals surface area (Å²) < 4.78 is 3.66. The number of fused-ring (bicyclic) bond motifs is 2. The Morgan fingerprint density at radius 2 is 1.35 bits per heavy atom. The van der Waals surface area contributed by atoms with E-state index in [0.29, 0.717) is 59.5 Å². The maximum absolute atomic E-state index is 13.5. The summed E-state index contributed by atoms with van der Waals surface area (Å²) in [6, 6.07) is 5.38. The number of carbonyl (C=O) groups is 2. The molecule has 48 heavy (non-hydrogen) atoms. The van der Waals surface area contributed by atoms with Gasteiger partial charge in [-0.15, -0.1) is 0 Å². The summed E-state index contributed by atoms with van der Waals surface area (Å²) in [7, 11) is 3.68. The molecule has 0 bridgehead atoms. The van der Waals surface area contributed by atoms with Crippen molar-refractivity contribution in [3.05, 3.63) is 75.6 Å². The van der Waals surface area contributed by atoms with Crippen molar-refractivity contribution in [2.24, 2.45) is 14.1 Å². The summed E-state index contributed by atoms with van der Waals surface area (Å²) in [6.07, 6.45) is 3.87. The second-order valence-corrected chi connectivity index (χ2v) is 13.3. The van der Waals surface area contributed by atoms with Gasteiger partial charge in [0, 0.05) is 94.9 Å². The van der Waals surface area contributed by atoms with Gasteiger partial charge in [0.15, 0.2) is 11.6 Å². The number of nitrogens with one attached hydrogen (secondary N) is 2. The summed E-state index contributed by atoms with van der Waals surface area (Å²) in [5, 5.41) is 25.9. The molecule has 0 saturated carbocycles. The lowest BCUT2D eigenvalue weighted by molar-refractivity contribution is 0.100. The predicted octanol–water partition coefficient (Wildman–Crippen LogP) is 3.16. The lowest BCUT2D eigenvalue weighted by atomic mass is 10.0. The van der Waals surface area contributed by atoms with Crippen LogP contribution >= 0.6 is 11.6 Å². The zero-order valence-corrected chi connectivity index (χ0v) is 28.7. The number of amides is 2. The Hall–Kier alpha value is -4.14. The molecule has 0 radical (unpaired) electrons. The first-order valence-electron chi connectivity index (χ1n) is 16.2. The van der Waals surface area contributed by atoms with Gasteiger partial charge in [0.1, 0.15) is 0 Å². The smallest absolute Gasteiger partial charge is 0.291 e. The predicted molar refractivity (Wildman–Crippen MR) is 183 cm³/mol. The van der Waals surface area contributed by atoms with Crippen LogP contribution in [0.15, 0.2) is 30.6 Å². The number of β-amino-alcohol motifs (C(OH)–C–C–N with tert-alkyl or cyclic N) is 2. The van der Waals surface area contributed by atoms with Crippen molar-refractivity contribution in [1.82, 2.24) is 33.9 Å². The van der Waals surface area contributed by atoms with Crippen LogP contribution in [-0.2, 0) is 40.0 Å². The molecular formula is C34H42ClN9O4. The van der Waals surface area contributed by atoms with Gasteiger partial charge in [0.2, 0.25) is 0 Å². The van der Waals surface area contributed by atoms with Crippen LogP contribution in [-0.4, -0.2) is 94.3 Å². The Morgan fingerprint density at radius 3 is 1.88 bits per heavy atom. The van der Waals surface area contributed by atoms with E-state index in [9.17, 15) is 19.8 Å². The molecule has 254 valence electrons. The summed E-state index contributed by atoms with van der Waals surface area (Å²) in [4.78, 5) is 44.9. The Kier molecular flexibility index (Phi) is 9.68. The minimum absolute atomic E-state index is 0.287. The average molecular weight is 676 g/mol. The van der Waals surface area contributed by atoms with Crippen molar-refractivity contribution in [3.8, 4) is 11.1 Å². The first kappa shape index (κ1) is 33.7. The highest BCUT2D eigenvalue weighted by atomic mass is 35.5. The molecule has 4 N–H and O–H groups in total. The summed E-state index contributed by atoms with van der Waals surface area (Å²) >= 11 is 6.91. The number of halogens is 1. The number of carbonyl (C=O) groups excluding carboxylic acids is 2. The fourth-order valence-corrected chi connectivity index (χ4v) is 7.02. The third kappa shape index (κ3) is 6.74. The maximum Gasteiger partial charge on any atom is 0.291 e. The Bertz CT molecular complexity index is 1730. The minimum Gasteiger partial charge on any atom is -0.392 e. The topological polar surface area (TPSA) is 154 Å². The van der Waals surface area contributed by atoms with Crippen LogP contribution in [0.4, 0.5) is 11.4 Å². The maximum atomic E-state index is 13.5. The Balaban J connectivity index is 1.20. The summed E-state index contributed by atoms with van der Waals surface area (Å²) in [6.45, 7) is 9.23. The summed E-state index contributed by atoms with van der Waals surface area (Å²) in [5.41, 5.74) is 6.74. The average Bonchev–Trinajstić information content (AvgIpc) is 3.54. The van der Waals surface area contributed by atoms with Crippen LogP contribution in [0.2, 0.25) is 5.02 Å². The van der Waals surface area contributed by atoms with E-state index in [1.165, 1.54) is 0 Å². The van der Waals surface area contributed by atoms with Gasteiger partial charge in [-0.25, -0.2) is 9.97 Å². The number of aliphatic hydroxyl groups is 2. The normalized spacial score (nSPS) is 16.2. The van der Waals surface area contributed by atoms with Gasteiger partial charge in [-0.1, -0.05) is 23.7 Å². The van der Waals surface area contributed by atoms with Gasteiger partial charge in [-0.3, -0.25) is 24.4 Å². The molecule has 2 aliphatic heterocycles. The second-order valence-electron chi connectivity index (χ2n) is 12.9. The molecule has 3 aromatic heterocycles. The highest BCUT2D eigenvalue weighted by molar-refractivity contribution is 6.36. The van der Waals surface area contributed by atoms with E-state index in [1.807, 2.05) is 36.2 Å². The van der Waals surface area contributed by atoms with Crippen LogP contribution in [0, 0.1) is 6.92 Å². The molecule has 0 spiro atoms. The van der Waals surface area contributed by atoms with Gasteiger partial charge in [-0.05, 0) is 32.4 Å². The number of pyridine rings is 1. The van der Waals surface area contributed by atoms with Crippen molar-refractivity contribution >= 4 is 34.8 Å². The van der Waals surface area contributed by atoms with Gasteiger partial charge in [0.25, 0.3) is 11.8 Å². The van der Waals surface area contributed by atoms with Gasteiger partial charge in [-0.2, -0.15) is 0 Å². The number of aliphatic hydroxyl groups excluding tert-OH is 2. The van der Waals surface area contributed by atoms with Crippen molar-refractivity contribution in [3.63, 3.8) is 0 Å². The highest BCUT2D eigenvalue weighted by Gasteiger charge is 2.28. The first-order valence-corrected chi connectivity index (χ1v) is 16.5. The van der Waals surface area contributed by atoms with Crippen LogP contribution in [0.25, 0.3) is 11.1 Å². The lowest BCUT2D eigenvalue weighted by Gasteiger charge is -2.27. The molecule has 4 aromatic rings. The number of anilines is 2. The van der Waals surface area contributed by atoms with E-state index >= 15 is 0 Å². The fraction of sp³-hybridized carbons (Fsp3) is 0.441. The van der Waals surface area contributed by atoms with Crippen LogP contribution < -0.4 is 10.6 Å². The highest BCUT2D eigenvalue weighted by Crippen LogP contribution is 2.37. The van der Waals surface area contributed by atoms with Gasteiger partial charge in [0.05, 0.1) is 46.2 Å². The molecular weight excluding hydrogens is 634 g/mol. The number of benzene rings is 1. The molecule has 14 heteroatoms. The molecule has 0 saturated heterocycles. The number of hydrogen-bond donors (Lipinski definition) is 4. The third-order valence-corrected chi connectivity index (χ3v) is 9.53. The van der Waals surface area contributed by atoms with E-state index in [4.69, 9.17) is 11.6 Å². The molecule has 13 nitrogen and oxygen atoms in total. The number of aromatic nitrogens is 5. The largest absolute Gasteiger partial charge is 0.392 e. The number of hydrogen-bond acceptors (Lipinski definition) is 9. The van der Waals surface area contributed by atoms with E-state index in [0.717, 1.165) is 54.3 Å². The van der Waals surface area contributed by atoms with Crippen molar-refractivity contribution in [2.75, 3.05) is 36.8 Å². The minimum atomic E-state index is -0.441. The van der Waals surface area contributed by atoms with Crippen LogP contribution in [0.5, 0.6) is 0 Å². The second kappa shape index (κ2) is 13.8. The molecule has 0 aliphatic carbocycles. The third-order valence-electron chi connectivity index (χ3n) is 9.12. The fourth-order valence-electron chi connectivity index (χ4n) is 6.75. The molecule has 2 amide bonds. The van der Waals surface area contributed by atoms with Gasteiger partial charge < -0.3 is 30.0 Å². The summed E-state index contributed by atoms with van der Waals surface area (Å²) in [5.74, 6) is -0.141. The SMILES string of the molecule is Cc1c(NC(=O)c2nc3c(n2C)CCN(CC(C)O)C3)cncc1-c1cccc(NC(=O)c2nc3c(n2C)CCN(CC(C)O)C3)c1Cl. The molecule has 6 rings (SSSR count). The van der Waals surface area contributed by atoms with Crippen LogP contribution in [0.3, 0.4) is 0 Å². The van der Waals surface area contributed by atoms with E-state index in [-0.39, 0.29) is 17.6 Å². The van der Waals surface area contributed by atoms with E-state index < -0.39 is 12.2 Å².